The summed E-state index contributed by atoms with van der Waals surface area (Å²) in [6.45, 7) is 9.09. The van der Waals surface area contributed by atoms with Crippen LogP contribution in [0.5, 0.6) is 5.88 Å². The Kier molecular flexibility index (Phi) is 5.68. The summed E-state index contributed by atoms with van der Waals surface area (Å²) in [4.78, 5) is 15.4. The average molecular weight is 341 g/mol. The van der Waals surface area contributed by atoms with Crippen LogP contribution in [-0.4, -0.2) is 34.1 Å². The number of nitrogens with zero attached hydrogens (tertiary/aromatic N) is 4. The minimum atomic E-state index is 0.133. The summed E-state index contributed by atoms with van der Waals surface area (Å²) in [6.07, 6.45) is 6.13. The lowest BCUT2D eigenvalue weighted by molar-refractivity contribution is 0.232. The van der Waals surface area contributed by atoms with Crippen molar-refractivity contribution in [2.24, 2.45) is 5.92 Å². The second-order valence-corrected chi connectivity index (χ2v) is 6.98. The second-order valence-electron chi connectivity index (χ2n) is 6.98. The van der Waals surface area contributed by atoms with Gasteiger partial charge in [-0.25, -0.2) is 15.0 Å². The van der Waals surface area contributed by atoms with Gasteiger partial charge < -0.3 is 15.0 Å². The number of ether oxygens (including phenoxy) is 1. The van der Waals surface area contributed by atoms with Gasteiger partial charge in [-0.3, -0.25) is 0 Å². The Hall–Kier alpha value is -2.37. The molecule has 0 radical (unpaired) electrons. The Morgan fingerprint density at radius 3 is 2.88 bits per heavy atom. The number of aromatic nitrogens is 3. The molecule has 1 atom stereocenters. The first-order chi connectivity index (χ1) is 12.1. The van der Waals surface area contributed by atoms with Crippen LogP contribution in [0.15, 0.2) is 30.7 Å². The highest BCUT2D eigenvalue weighted by Gasteiger charge is 2.17. The number of rotatable bonds is 6. The standard InChI is InChI=1S/C19H27N5O/c1-14(2)25-19-7-6-16(11-21-19)10-20-17-9-18(23-13-22-17)24-8-4-5-15(3)12-24/h6-7,9,11,13-15H,4-5,8,10,12H2,1-3H3,(H,20,22,23). The highest BCUT2D eigenvalue weighted by atomic mass is 16.5. The van der Waals surface area contributed by atoms with Crippen molar-refractivity contribution in [3.63, 3.8) is 0 Å². The summed E-state index contributed by atoms with van der Waals surface area (Å²) in [5, 5.41) is 3.35. The van der Waals surface area contributed by atoms with Gasteiger partial charge in [-0.15, -0.1) is 0 Å². The largest absolute Gasteiger partial charge is 0.475 e. The van der Waals surface area contributed by atoms with Crippen LogP contribution in [0.3, 0.4) is 0 Å². The fourth-order valence-corrected chi connectivity index (χ4v) is 3.03. The molecule has 0 aliphatic carbocycles. The fourth-order valence-electron chi connectivity index (χ4n) is 3.03. The van der Waals surface area contributed by atoms with E-state index in [1.807, 2.05) is 38.2 Å². The van der Waals surface area contributed by atoms with Crippen molar-refractivity contribution in [3.05, 3.63) is 36.3 Å². The van der Waals surface area contributed by atoms with E-state index in [-0.39, 0.29) is 6.10 Å². The molecule has 1 aliphatic rings. The first kappa shape index (κ1) is 17.5. The molecule has 1 N–H and O–H groups in total. The highest BCUT2D eigenvalue weighted by molar-refractivity contribution is 5.49. The van der Waals surface area contributed by atoms with Crippen LogP contribution < -0.4 is 15.0 Å². The van der Waals surface area contributed by atoms with Crippen molar-refractivity contribution in [1.29, 1.82) is 0 Å². The number of hydrogen-bond acceptors (Lipinski definition) is 6. The summed E-state index contributed by atoms with van der Waals surface area (Å²) >= 11 is 0. The number of hydrogen-bond donors (Lipinski definition) is 1. The first-order valence-electron chi connectivity index (χ1n) is 9.02. The summed E-state index contributed by atoms with van der Waals surface area (Å²) in [7, 11) is 0. The molecule has 134 valence electrons. The smallest absolute Gasteiger partial charge is 0.213 e. The van der Waals surface area contributed by atoms with Crippen molar-refractivity contribution in [1.82, 2.24) is 15.0 Å². The second kappa shape index (κ2) is 8.14. The van der Waals surface area contributed by atoms with E-state index < -0.39 is 0 Å². The molecule has 6 nitrogen and oxygen atoms in total. The third-order valence-corrected chi connectivity index (χ3v) is 4.26. The molecule has 6 heteroatoms. The molecule has 3 heterocycles. The van der Waals surface area contributed by atoms with E-state index in [1.54, 1.807) is 6.33 Å². The minimum absolute atomic E-state index is 0.133. The van der Waals surface area contributed by atoms with Crippen LogP contribution in [0.1, 0.15) is 39.2 Å². The Labute approximate surface area is 149 Å². The Balaban J connectivity index is 1.59. The van der Waals surface area contributed by atoms with Crippen molar-refractivity contribution in [2.75, 3.05) is 23.3 Å². The van der Waals surface area contributed by atoms with Crippen LogP contribution in [-0.2, 0) is 6.54 Å². The Bertz CT molecular complexity index is 674. The van der Waals surface area contributed by atoms with Gasteiger partial charge in [0, 0.05) is 38.0 Å². The van der Waals surface area contributed by atoms with E-state index in [9.17, 15) is 0 Å². The molecule has 0 saturated carbocycles. The van der Waals surface area contributed by atoms with E-state index in [2.05, 4.69) is 32.1 Å². The summed E-state index contributed by atoms with van der Waals surface area (Å²) in [5.41, 5.74) is 1.09. The highest BCUT2D eigenvalue weighted by Crippen LogP contribution is 2.22. The van der Waals surface area contributed by atoms with Crippen molar-refractivity contribution < 1.29 is 4.74 Å². The molecule has 25 heavy (non-hydrogen) atoms. The molecule has 1 aliphatic heterocycles. The maximum Gasteiger partial charge on any atom is 0.213 e. The third-order valence-electron chi connectivity index (χ3n) is 4.26. The van der Waals surface area contributed by atoms with Crippen molar-refractivity contribution in [3.8, 4) is 5.88 Å². The normalized spacial score (nSPS) is 17.6. The fraction of sp³-hybridized carbons (Fsp3) is 0.526. The van der Waals surface area contributed by atoms with Gasteiger partial charge in [-0.05, 0) is 38.2 Å². The molecule has 0 amide bonds. The van der Waals surface area contributed by atoms with E-state index in [4.69, 9.17) is 4.74 Å². The molecule has 1 saturated heterocycles. The molecular formula is C19H27N5O. The molecular weight excluding hydrogens is 314 g/mol. The maximum absolute atomic E-state index is 5.57. The van der Waals surface area contributed by atoms with Gasteiger partial charge in [0.25, 0.3) is 0 Å². The van der Waals surface area contributed by atoms with Crippen LogP contribution in [0.2, 0.25) is 0 Å². The number of pyridine rings is 1. The minimum Gasteiger partial charge on any atom is -0.475 e. The SMILES string of the molecule is CC1CCCN(c2cc(NCc3ccc(OC(C)C)nc3)ncn2)C1. The molecule has 1 unspecified atom stereocenters. The van der Waals surface area contributed by atoms with E-state index in [0.29, 0.717) is 12.4 Å². The molecule has 0 aromatic carbocycles. The lowest BCUT2D eigenvalue weighted by atomic mass is 10.0. The molecule has 0 spiro atoms. The van der Waals surface area contributed by atoms with Gasteiger partial charge in [0.05, 0.1) is 6.10 Å². The van der Waals surface area contributed by atoms with Crippen molar-refractivity contribution in [2.45, 2.75) is 46.3 Å². The summed E-state index contributed by atoms with van der Waals surface area (Å²) in [6, 6.07) is 5.95. The topological polar surface area (TPSA) is 63.2 Å². The van der Waals surface area contributed by atoms with E-state index >= 15 is 0 Å². The number of anilines is 2. The van der Waals surface area contributed by atoms with Crippen LogP contribution >= 0.6 is 0 Å². The predicted molar refractivity (Wildman–Crippen MR) is 100.0 cm³/mol. The zero-order valence-corrected chi connectivity index (χ0v) is 15.3. The predicted octanol–water partition coefficient (Wildman–Crippen LogP) is 3.51. The van der Waals surface area contributed by atoms with Crippen LogP contribution in [0, 0.1) is 5.92 Å². The summed E-state index contributed by atoms with van der Waals surface area (Å²) in [5.74, 6) is 3.22. The average Bonchev–Trinajstić information content (AvgIpc) is 2.61. The van der Waals surface area contributed by atoms with Gasteiger partial charge in [-0.1, -0.05) is 13.0 Å². The van der Waals surface area contributed by atoms with E-state index in [1.165, 1.54) is 12.8 Å². The molecule has 0 bridgehead atoms. The van der Waals surface area contributed by atoms with Gasteiger partial charge in [0.1, 0.15) is 18.0 Å². The molecule has 1 fully saturated rings. The van der Waals surface area contributed by atoms with Gasteiger partial charge in [0.2, 0.25) is 5.88 Å². The zero-order valence-electron chi connectivity index (χ0n) is 15.3. The van der Waals surface area contributed by atoms with Crippen LogP contribution in [0.25, 0.3) is 0 Å². The number of piperidine rings is 1. The van der Waals surface area contributed by atoms with Gasteiger partial charge >= 0.3 is 0 Å². The summed E-state index contributed by atoms with van der Waals surface area (Å²) < 4.78 is 5.57. The van der Waals surface area contributed by atoms with E-state index in [0.717, 1.165) is 36.2 Å². The zero-order chi connectivity index (χ0) is 17.6. The monoisotopic (exact) mass is 341 g/mol. The lowest BCUT2D eigenvalue weighted by Crippen LogP contribution is -2.34. The Morgan fingerprint density at radius 2 is 2.16 bits per heavy atom. The molecule has 3 rings (SSSR count). The number of nitrogens with one attached hydrogen (secondary N) is 1. The van der Waals surface area contributed by atoms with Gasteiger partial charge in [-0.2, -0.15) is 0 Å². The molecule has 2 aromatic heterocycles. The maximum atomic E-state index is 5.57. The third kappa shape index (κ3) is 5.05. The quantitative estimate of drug-likeness (QED) is 0.867. The lowest BCUT2D eigenvalue weighted by Gasteiger charge is -2.31. The Morgan fingerprint density at radius 1 is 1.28 bits per heavy atom. The van der Waals surface area contributed by atoms with Gasteiger partial charge in [0.15, 0.2) is 0 Å². The van der Waals surface area contributed by atoms with Crippen molar-refractivity contribution >= 4 is 11.6 Å². The molecule has 2 aromatic rings. The first-order valence-corrected chi connectivity index (χ1v) is 9.02. The van der Waals surface area contributed by atoms with Crippen LogP contribution in [0.4, 0.5) is 11.6 Å².